The molecule has 2 N–H and O–H groups in total. The first-order valence-electron chi connectivity index (χ1n) is 5.26. The van der Waals surface area contributed by atoms with Gasteiger partial charge >= 0.3 is 0 Å². The lowest BCUT2D eigenvalue weighted by Gasteiger charge is -2.15. The molecule has 0 heterocycles. The van der Waals surface area contributed by atoms with Crippen LogP contribution in [0.1, 0.15) is 31.4 Å². The fourth-order valence-electron chi connectivity index (χ4n) is 1.60. The predicted molar refractivity (Wildman–Crippen MR) is 62.4 cm³/mol. The Morgan fingerprint density at radius 3 is 2.73 bits per heavy atom. The Morgan fingerprint density at radius 1 is 1.47 bits per heavy atom. The van der Waals surface area contributed by atoms with Crippen LogP contribution in [0.3, 0.4) is 0 Å². The number of hydrogen-bond acceptors (Lipinski definition) is 3. The van der Waals surface area contributed by atoms with Crippen LogP contribution in [0, 0.1) is 0 Å². The molecule has 0 saturated heterocycles. The van der Waals surface area contributed by atoms with Crippen LogP contribution in [-0.2, 0) is 0 Å². The van der Waals surface area contributed by atoms with Gasteiger partial charge in [0.15, 0.2) is 0 Å². The molecule has 3 heteroatoms. The normalized spacial score (nSPS) is 12.3. The quantitative estimate of drug-likeness (QED) is 0.783. The van der Waals surface area contributed by atoms with Crippen molar-refractivity contribution >= 4 is 5.69 Å². The molecule has 1 unspecified atom stereocenters. The first kappa shape index (κ1) is 11.9. The van der Waals surface area contributed by atoms with Gasteiger partial charge in [-0.2, -0.15) is 0 Å². The van der Waals surface area contributed by atoms with E-state index in [0.29, 0.717) is 0 Å². The zero-order valence-corrected chi connectivity index (χ0v) is 9.58. The Bertz CT molecular complexity index is 312. The number of ether oxygens (including phenoxy) is 1. The highest BCUT2D eigenvalue weighted by atomic mass is 16.5. The van der Waals surface area contributed by atoms with Crippen LogP contribution in [0.2, 0.25) is 0 Å². The molecule has 1 rings (SSSR count). The van der Waals surface area contributed by atoms with Crippen LogP contribution < -0.4 is 10.1 Å². The number of hydrogen-bond donors (Lipinski definition) is 2. The Kier molecular flexibility index (Phi) is 4.43. The lowest BCUT2D eigenvalue weighted by molar-refractivity contribution is 0.167. The zero-order valence-electron chi connectivity index (χ0n) is 9.58. The molecule has 1 aromatic rings. The van der Waals surface area contributed by atoms with Gasteiger partial charge in [-0.25, -0.2) is 0 Å². The highest BCUT2D eigenvalue weighted by Crippen LogP contribution is 2.29. The molecule has 3 nitrogen and oxygen atoms in total. The second-order valence-electron chi connectivity index (χ2n) is 3.51. The van der Waals surface area contributed by atoms with Gasteiger partial charge in [-0.3, -0.25) is 0 Å². The molecule has 0 aromatic heterocycles. The van der Waals surface area contributed by atoms with Gasteiger partial charge in [-0.15, -0.1) is 0 Å². The van der Waals surface area contributed by atoms with Gasteiger partial charge in [0.2, 0.25) is 0 Å². The van der Waals surface area contributed by atoms with Crippen LogP contribution in [0.5, 0.6) is 5.75 Å². The molecule has 15 heavy (non-hydrogen) atoms. The molecule has 84 valence electrons. The highest BCUT2D eigenvalue weighted by Gasteiger charge is 2.11. The van der Waals surface area contributed by atoms with E-state index in [1.807, 2.05) is 25.2 Å². The van der Waals surface area contributed by atoms with Crippen molar-refractivity contribution in [2.24, 2.45) is 0 Å². The third kappa shape index (κ3) is 2.86. The van der Waals surface area contributed by atoms with Crippen LogP contribution in [-0.4, -0.2) is 19.3 Å². The monoisotopic (exact) mass is 209 g/mol. The highest BCUT2D eigenvalue weighted by molar-refractivity contribution is 5.54. The van der Waals surface area contributed by atoms with Crippen LogP contribution in [0.25, 0.3) is 0 Å². The molecule has 0 aliphatic carbocycles. The molecule has 0 bridgehead atoms. The minimum Gasteiger partial charge on any atom is -0.497 e. The topological polar surface area (TPSA) is 41.5 Å². The zero-order chi connectivity index (χ0) is 11.3. The summed E-state index contributed by atoms with van der Waals surface area (Å²) in [6, 6.07) is 5.69. The van der Waals surface area contributed by atoms with Gasteiger partial charge in [-0.1, -0.05) is 13.3 Å². The lowest BCUT2D eigenvalue weighted by Crippen LogP contribution is -2.02. The molecule has 0 saturated carbocycles. The minimum atomic E-state index is -0.424. The third-order valence-corrected chi connectivity index (χ3v) is 2.45. The van der Waals surface area contributed by atoms with E-state index in [0.717, 1.165) is 29.8 Å². The molecule has 1 atom stereocenters. The van der Waals surface area contributed by atoms with Gasteiger partial charge < -0.3 is 15.2 Å². The van der Waals surface area contributed by atoms with Gasteiger partial charge in [0.25, 0.3) is 0 Å². The van der Waals surface area contributed by atoms with Crippen molar-refractivity contribution in [3.8, 4) is 5.75 Å². The van der Waals surface area contributed by atoms with Crippen molar-refractivity contribution in [2.45, 2.75) is 25.9 Å². The minimum absolute atomic E-state index is 0.424. The van der Waals surface area contributed by atoms with Crippen molar-refractivity contribution in [1.82, 2.24) is 0 Å². The molecule has 1 aromatic carbocycles. The number of nitrogens with one attached hydrogen (secondary N) is 1. The average molecular weight is 209 g/mol. The van der Waals surface area contributed by atoms with Crippen molar-refractivity contribution in [1.29, 1.82) is 0 Å². The maximum Gasteiger partial charge on any atom is 0.119 e. The Morgan fingerprint density at radius 2 is 2.20 bits per heavy atom. The molecule has 0 amide bonds. The van der Waals surface area contributed by atoms with Crippen molar-refractivity contribution in [3.63, 3.8) is 0 Å². The van der Waals surface area contributed by atoms with E-state index in [1.165, 1.54) is 0 Å². The summed E-state index contributed by atoms with van der Waals surface area (Å²) in [7, 11) is 3.48. The van der Waals surface area contributed by atoms with E-state index in [4.69, 9.17) is 4.74 Å². The van der Waals surface area contributed by atoms with E-state index in [2.05, 4.69) is 12.2 Å². The largest absolute Gasteiger partial charge is 0.497 e. The summed E-state index contributed by atoms with van der Waals surface area (Å²) in [5.74, 6) is 0.777. The second kappa shape index (κ2) is 5.61. The summed E-state index contributed by atoms with van der Waals surface area (Å²) in [6.07, 6.45) is 1.30. The fraction of sp³-hybridized carbons (Fsp3) is 0.500. The van der Waals surface area contributed by atoms with E-state index in [9.17, 15) is 5.11 Å². The van der Waals surface area contributed by atoms with Crippen molar-refractivity contribution in [3.05, 3.63) is 23.8 Å². The number of rotatable bonds is 5. The number of aliphatic hydroxyl groups excluding tert-OH is 1. The molecule has 0 aliphatic heterocycles. The van der Waals surface area contributed by atoms with E-state index in [-0.39, 0.29) is 0 Å². The smallest absolute Gasteiger partial charge is 0.119 e. The maximum absolute atomic E-state index is 9.96. The molecular weight excluding hydrogens is 190 g/mol. The number of benzene rings is 1. The molecule has 0 radical (unpaired) electrons. The van der Waals surface area contributed by atoms with Gasteiger partial charge in [-0.05, 0) is 24.6 Å². The fourth-order valence-corrected chi connectivity index (χ4v) is 1.60. The second-order valence-corrected chi connectivity index (χ2v) is 3.51. The van der Waals surface area contributed by atoms with Crippen LogP contribution >= 0.6 is 0 Å². The molecule has 0 aliphatic rings. The Balaban J connectivity index is 3.00. The molecular formula is C12H19NO2. The molecule has 0 spiro atoms. The number of methoxy groups -OCH3 is 1. The first-order chi connectivity index (χ1) is 7.22. The third-order valence-electron chi connectivity index (χ3n) is 2.45. The van der Waals surface area contributed by atoms with Gasteiger partial charge in [0.05, 0.1) is 13.2 Å². The Hall–Kier alpha value is -1.22. The van der Waals surface area contributed by atoms with Crippen LogP contribution in [0.4, 0.5) is 5.69 Å². The summed E-state index contributed by atoms with van der Waals surface area (Å²) in [5, 5.41) is 13.0. The van der Waals surface area contributed by atoms with E-state index < -0.39 is 6.10 Å². The predicted octanol–water partition coefficient (Wildman–Crippen LogP) is 2.57. The number of aliphatic hydroxyl groups is 1. The summed E-state index contributed by atoms with van der Waals surface area (Å²) in [6.45, 7) is 2.06. The van der Waals surface area contributed by atoms with E-state index in [1.54, 1.807) is 7.11 Å². The van der Waals surface area contributed by atoms with Crippen molar-refractivity contribution in [2.75, 3.05) is 19.5 Å². The standard InChI is InChI=1S/C12H19NO2/c1-4-5-12(14)10-8-9(15-3)6-7-11(10)13-2/h6-8,12-14H,4-5H2,1-3H3. The van der Waals surface area contributed by atoms with E-state index >= 15 is 0 Å². The average Bonchev–Trinajstić information content (AvgIpc) is 2.28. The molecule has 0 fully saturated rings. The summed E-state index contributed by atoms with van der Waals surface area (Å²) >= 11 is 0. The summed E-state index contributed by atoms with van der Waals surface area (Å²) in [5.41, 5.74) is 1.86. The first-order valence-corrected chi connectivity index (χ1v) is 5.26. The van der Waals surface area contributed by atoms with Crippen molar-refractivity contribution < 1.29 is 9.84 Å². The van der Waals surface area contributed by atoms with Gasteiger partial charge in [0, 0.05) is 18.3 Å². The lowest BCUT2D eigenvalue weighted by atomic mass is 10.0. The van der Waals surface area contributed by atoms with Gasteiger partial charge in [0.1, 0.15) is 5.75 Å². The number of anilines is 1. The SMILES string of the molecule is CCCC(O)c1cc(OC)ccc1NC. The Labute approximate surface area is 91.1 Å². The van der Waals surface area contributed by atoms with Crippen LogP contribution in [0.15, 0.2) is 18.2 Å². The maximum atomic E-state index is 9.96. The summed E-state index contributed by atoms with van der Waals surface area (Å²) < 4.78 is 5.14. The summed E-state index contributed by atoms with van der Waals surface area (Å²) in [4.78, 5) is 0.